The second-order valence-electron chi connectivity index (χ2n) is 12.0. The minimum atomic E-state index is -1.23. The van der Waals surface area contributed by atoms with Gasteiger partial charge in [-0.1, -0.05) is 70.9 Å². The molecule has 46 heavy (non-hydrogen) atoms. The summed E-state index contributed by atoms with van der Waals surface area (Å²) >= 11 is 0. The number of allylic oxidation sites excluding steroid dienone is 4. The molecule has 5 rings (SSSR count). The van der Waals surface area contributed by atoms with Crippen LogP contribution in [0, 0.1) is 11.8 Å². The molecule has 2 fully saturated rings. The first kappa shape index (κ1) is 38.8. The number of nitrogens with zero attached hydrogens (tertiary/aromatic N) is 2. The van der Waals surface area contributed by atoms with Gasteiger partial charge in [-0.2, -0.15) is 0 Å². The molecule has 3 N–H and O–H groups in total. The SMILES string of the molecule is CC.CC[C@H](NC(=O)O)C(=O)N1CC[C@@H](C)[C@H]1[C-]=O.COc1ccc2nc(C3(CCCCC4=CC=CC4C)CC3)c(=O)[nH]c2c1.[HH].[V]. The standard InChI is InChI=1S/C22H26N2O2.C11H17N2O4.C2H6.V.H2/c1-15-6-5-8-16(15)7-3-4-11-22(12-13-22)20-21(25)24-19-14-17(26-2)9-10-18(19)23-20;1-3-8(12-11(16)17)10(15)13-5-4-7(2)9(13)6-14;1-2;;/h5-6,8-10,14-15H,3-4,7,11-13H2,1-2H3,(H,24,25);7-9,12H,3-5H2,1-2H3,(H,16,17);1-2H3;;1H/q;-1;;;/t;7-,8+,9-;;;/m.1.../s1. The molecule has 1 aromatic carbocycles. The largest absolute Gasteiger partial charge is 0.540 e. The number of aromatic nitrogens is 2. The van der Waals surface area contributed by atoms with E-state index in [-0.39, 0.29) is 42.8 Å². The van der Waals surface area contributed by atoms with Gasteiger partial charge in [-0.25, -0.2) is 16.1 Å². The van der Waals surface area contributed by atoms with Crippen LogP contribution in [0.1, 0.15) is 93.1 Å². The number of hydrogen-bond acceptors (Lipinski definition) is 6. The average Bonchev–Trinajstić information content (AvgIpc) is 3.56. The molecule has 1 saturated heterocycles. The number of benzene rings is 1. The van der Waals surface area contributed by atoms with Crippen LogP contribution in [-0.2, 0) is 33.6 Å². The van der Waals surface area contributed by atoms with Crippen molar-refractivity contribution < 1.29 is 44.2 Å². The van der Waals surface area contributed by atoms with Crippen LogP contribution < -0.4 is 15.6 Å². The van der Waals surface area contributed by atoms with Crippen LogP contribution in [0.5, 0.6) is 5.75 Å². The first-order valence-corrected chi connectivity index (χ1v) is 16.3. The number of unbranched alkanes of at least 4 members (excludes halogenated alkanes) is 1. The van der Waals surface area contributed by atoms with Gasteiger partial charge >= 0.3 is 6.09 Å². The van der Waals surface area contributed by atoms with Gasteiger partial charge in [0.25, 0.3) is 5.56 Å². The molecule has 1 unspecified atom stereocenters. The number of methoxy groups -OCH3 is 1. The molecule has 1 aromatic heterocycles. The van der Waals surface area contributed by atoms with Crippen molar-refractivity contribution in [3.8, 4) is 5.75 Å². The molecule has 4 atom stereocenters. The molecule has 0 spiro atoms. The van der Waals surface area contributed by atoms with Crippen molar-refractivity contribution in [3.63, 3.8) is 0 Å². The van der Waals surface area contributed by atoms with E-state index >= 15 is 0 Å². The number of H-pyrrole nitrogens is 1. The van der Waals surface area contributed by atoms with Crippen LogP contribution in [0.25, 0.3) is 11.0 Å². The minimum Gasteiger partial charge on any atom is -0.540 e. The van der Waals surface area contributed by atoms with Crippen molar-refractivity contribution in [1.82, 2.24) is 20.2 Å². The van der Waals surface area contributed by atoms with Gasteiger partial charge in [-0.3, -0.25) is 9.59 Å². The number of nitrogens with one attached hydrogen (secondary N) is 2. The number of rotatable bonds is 11. The van der Waals surface area contributed by atoms with E-state index in [4.69, 9.17) is 14.8 Å². The number of carbonyl (C=O) groups excluding carboxylic acids is 2. The van der Waals surface area contributed by atoms with Gasteiger partial charge in [0, 0.05) is 38.0 Å². The van der Waals surface area contributed by atoms with E-state index in [2.05, 4.69) is 35.5 Å². The van der Waals surface area contributed by atoms with Crippen molar-refractivity contribution in [3.05, 3.63) is 58.0 Å². The molecular weight excluding hydrogens is 623 g/mol. The maximum Gasteiger partial charge on any atom is 0.405 e. The number of carbonyl (C=O) groups is 2. The third-order valence-corrected chi connectivity index (χ3v) is 9.03. The fourth-order valence-corrected chi connectivity index (χ4v) is 6.09. The molecular formula is C35H51N4O6V-. The Morgan fingerprint density at radius 1 is 1.26 bits per heavy atom. The summed E-state index contributed by atoms with van der Waals surface area (Å²) in [6.07, 6.45) is 15.1. The number of hydrogen-bond donors (Lipinski definition) is 3. The molecule has 0 bridgehead atoms. The average molecular weight is 675 g/mol. The van der Waals surface area contributed by atoms with Crippen molar-refractivity contribution >= 4 is 29.3 Å². The van der Waals surface area contributed by atoms with Crippen LogP contribution in [-0.4, -0.2) is 64.0 Å². The van der Waals surface area contributed by atoms with Gasteiger partial charge in [0.05, 0.1) is 18.1 Å². The fourth-order valence-electron chi connectivity index (χ4n) is 6.09. The Morgan fingerprint density at radius 2 is 1.98 bits per heavy atom. The molecule has 2 aliphatic carbocycles. The molecule has 1 saturated carbocycles. The summed E-state index contributed by atoms with van der Waals surface area (Å²) in [5, 5.41) is 10.8. The monoisotopic (exact) mass is 674 g/mol. The predicted octanol–water partition coefficient (Wildman–Crippen LogP) is 6.31. The van der Waals surface area contributed by atoms with Gasteiger partial charge in [-0.05, 0) is 68.9 Å². The van der Waals surface area contributed by atoms with E-state index in [9.17, 15) is 19.2 Å². The number of likely N-dealkylation sites (tertiary alicyclic amines) is 1. The normalized spacial score (nSPS) is 21.0. The van der Waals surface area contributed by atoms with E-state index in [0.717, 1.165) is 61.0 Å². The summed E-state index contributed by atoms with van der Waals surface area (Å²) in [4.78, 5) is 55.2. The summed E-state index contributed by atoms with van der Waals surface area (Å²) in [6, 6.07) is 4.31. The molecule has 253 valence electrons. The van der Waals surface area contributed by atoms with E-state index in [1.165, 1.54) is 16.9 Å². The summed E-state index contributed by atoms with van der Waals surface area (Å²) in [7, 11) is 1.62. The first-order chi connectivity index (χ1) is 21.6. The zero-order chi connectivity index (χ0) is 33.1. The van der Waals surface area contributed by atoms with E-state index in [1.807, 2.05) is 45.3 Å². The number of ether oxygens (including phenoxy) is 1. The third-order valence-electron chi connectivity index (χ3n) is 9.03. The van der Waals surface area contributed by atoms with Crippen LogP contribution in [0.2, 0.25) is 0 Å². The molecule has 1 radical (unpaired) electrons. The van der Waals surface area contributed by atoms with Crippen molar-refractivity contribution in [1.29, 1.82) is 0 Å². The fraction of sp³-hybridized carbons (Fsp3) is 0.571. The Morgan fingerprint density at radius 3 is 2.54 bits per heavy atom. The van der Waals surface area contributed by atoms with Gasteiger partial charge in [0.2, 0.25) is 5.91 Å². The number of fused-ring (bicyclic) bond motifs is 1. The predicted molar refractivity (Wildman–Crippen MR) is 178 cm³/mol. The number of aromatic amines is 1. The Hall–Kier alpha value is -3.37. The number of amides is 2. The maximum absolute atomic E-state index is 12.6. The summed E-state index contributed by atoms with van der Waals surface area (Å²) < 4.78 is 5.23. The summed E-state index contributed by atoms with van der Waals surface area (Å²) in [6.45, 7) is 10.3. The Bertz CT molecular complexity index is 1460. The van der Waals surface area contributed by atoms with Crippen LogP contribution in [0.15, 0.2) is 46.8 Å². The Balaban J connectivity index is 0.000000463. The molecule has 2 heterocycles. The van der Waals surface area contributed by atoms with E-state index in [0.29, 0.717) is 18.9 Å². The zero-order valence-electron chi connectivity index (χ0n) is 28.0. The molecule has 3 aliphatic rings. The minimum absolute atomic E-state index is 0. The zero-order valence-corrected chi connectivity index (χ0v) is 29.4. The second-order valence-corrected chi connectivity index (χ2v) is 12.0. The van der Waals surface area contributed by atoms with Gasteiger partial charge in [0.1, 0.15) is 17.5 Å². The van der Waals surface area contributed by atoms with Crippen molar-refractivity contribution in [2.24, 2.45) is 11.8 Å². The maximum atomic E-state index is 12.6. The van der Waals surface area contributed by atoms with E-state index in [1.54, 1.807) is 14.0 Å². The quantitative estimate of drug-likeness (QED) is 0.188. The molecule has 1 aliphatic heterocycles. The van der Waals surface area contributed by atoms with Gasteiger partial charge in [-0.15, -0.1) is 0 Å². The van der Waals surface area contributed by atoms with Crippen molar-refractivity contribution in [2.45, 2.75) is 103 Å². The smallest absolute Gasteiger partial charge is 0.405 e. The molecule has 10 nitrogen and oxygen atoms in total. The molecule has 2 amide bonds. The van der Waals surface area contributed by atoms with E-state index < -0.39 is 18.2 Å². The van der Waals surface area contributed by atoms with Crippen LogP contribution in [0.4, 0.5) is 4.79 Å². The second kappa shape index (κ2) is 18.1. The summed E-state index contributed by atoms with van der Waals surface area (Å²) in [5.74, 6) is 1.06. The van der Waals surface area contributed by atoms with Crippen molar-refractivity contribution in [2.75, 3.05) is 13.7 Å². The Labute approximate surface area is 285 Å². The Kier molecular flexibility index (Phi) is 15.3. The van der Waals surface area contributed by atoms with Gasteiger partial charge in [0.15, 0.2) is 0 Å². The van der Waals surface area contributed by atoms with Gasteiger partial charge < -0.3 is 29.8 Å². The topological polar surface area (TPSA) is 142 Å². The summed E-state index contributed by atoms with van der Waals surface area (Å²) in [5.41, 5.74) is 3.79. The first-order valence-electron chi connectivity index (χ1n) is 16.3. The number of carboxylic acid groups (broad SMARTS) is 1. The van der Waals surface area contributed by atoms with Crippen LogP contribution in [0.3, 0.4) is 0 Å². The molecule has 11 heteroatoms. The third kappa shape index (κ3) is 9.58. The van der Waals surface area contributed by atoms with Crippen LogP contribution >= 0.6 is 0 Å². The molecule has 2 aromatic rings.